The van der Waals surface area contributed by atoms with Gasteiger partial charge in [0.05, 0.1) is 11.7 Å². The first kappa shape index (κ1) is 14.3. The Bertz CT molecular complexity index is 632. The SMILES string of the molecule is O=C(Nc1ccccc1I)N1CCCC1c1ccncc1. The van der Waals surface area contributed by atoms with Gasteiger partial charge in [-0.2, -0.15) is 0 Å². The summed E-state index contributed by atoms with van der Waals surface area (Å²) in [7, 11) is 0. The first-order chi connectivity index (χ1) is 10.3. The van der Waals surface area contributed by atoms with Gasteiger partial charge in [-0.3, -0.25) is 4.98 Å². The van der Waals surface area contributed by atoms with Crippen LogP contribution in [0.15, 0.2) is 48.8 Å². The predicted molar refractivity (Wildman–Crippen MR) is 91.1 cm³/mol. The van der Waals surface area contributed by atoms with Gasteiger partial charge in [0.2, 0.25) is 0 Å². The summed E-state index contributed by atoms with van der Waals surface area (Å²) in [4.78, 5) is 18.5. The van der Waals surface area contributed by atoms with Crippen molar-refractivity contribution in [2.45, 2.75) is 18.9 Å². The van der Waals surface area contributed by atoms with E-state index in [9.17, 15) is 4.79 Å². The van der Waals surface area contributed by atoms with Gasteiger partial charge >= 0.3 is 6.03 Å². The number of carbonyl (C=O) groups is 1. The maximum atomic E-state index is 12.5. The van der Waals surface area contributed by atoms with Crippen LogP contribution in [0.3, 0.4) is 0 Å². The lowest BCUT2D eigenvalue weighted by Crippen LogP contribution is -2.34. The van der Waals surface area contributed by atoms with Gasteiger partial charge in [0.15, 0.2) is 0 Å². The van der Waals surface area contributed by atoms with E-state index >= 15 is 0 Å². The topological polar surface area (TPSA) is 45.2 Å². The minimum atomic E-state index is -0.0292. The third-order valence-electron chi connectivity index (χ3n) is 3.72. The first-order valence-corrected chi connectivity index (χ1v) is 8.05. The predicted octanol–water partition coefficient (Wildman–Crippen LogP) is 4.06. The highest BCUT2D eigenvalue weighted by Gasteiger charge is 2.30. The average molecular weight is 393 g/mol. The van der Waals surface area contributed by atoms with Crippen LogP contribution in [0.25, 0.3) is 0 Å². The molecule has 1 aromatic heterocycles. The molecule has 1 saturated heterocycles. The summed E-state index contributed by atoms with van der Waals surface area (Å²) >= 11 is 2.23. The molecule has 1 aromatic carbocycles. The number of aromatic nitrogens is 1. The lowest BCUT2D eigenvalue weighted by atomic mass is 10.1. The van der Waals surface area contributed by atoms with Crippen molar-refractivity contribution in [3.8, 4) is 0 Å². The number of halogens is 1. The molecule has 0 saturated carbocycles. The second kappa shape index (κ2) is 6.43. The highest BCUT2D eigenvalue weighted by atomic mass is 127. The van der Waals surface area contributed by atoms with Crippen LogP contribution in [-0.2, 0) is 0 Å². The number of hydrogen-bond acceptors (Lipinski definition) is 2. The fourth-order valence-corrected chi connectivity index (χ4v) is 3.21. The Morgan fingerprint density at radius 2 is 2.00 bits per heavy atom. The molecule has 2 amide bonds. The van der Waals surface area contributed by atoms with Gasteiger partial charge in [-0.15, -0.1) is 0 Å². The zero-order chi connectivity index (χ0) is 14.7. The summed E-state index contributed by atoms with van der Waals surface area (Å²) in [6, 6.07) is 11.9. The summed E-state index contributed by atoms with van der Waals surface area (Å²) in [6.45, 7) is 0.794. The van der Waals surface area contributed by atoms with E-state index < -0.39 is 0 Å². The van der Waals surface area contributed by atoms with Gasteiger partial charge < -0.3 is 10.2 Å². The number of rotatable bonds is 2. The van der Waals surface area contributed by atoms with Gasteiger partial charge in [-0.05, 0) is 65.3 Å². The van der Waals surface area contributed by atoms with Crippen molar-refractivity contribution in [1.82, 2.24) is 9.88 Å². The van der Waals surface area contributed by atoms with Crippen molar-refractivity contribution in [3.05, 3.63) is 57.9 Å². The molecule has 0 radical (unpaired) electrons. The summed E-state index contributed by atoms with van der Waals surface area (Å²) in [5.74, 6) is 0. The molecule has 108 valence electrons. The fraction of sp³-hybridized carbons (Fsp3) is 0.250. The van der Waals surface area contributed by atoms with Crippen molar-refractivity contribution < 1.29 is 4.79 Å². The van der Waals surface area contributed by atoms with Gasteiger partial charge in [-0.1, -0.05) is 12.1 Å². The molecule has 2 heterocycles. The quantitative estimate of drug-likeness (QED) is 0.783. The number of pyridine rings is 1. The van der Waals surface area contributed by atoms with E-state index in [1.165, 1.54) is 0 Å². The van der Waals surface area contributed by atoms with E-state index in [1.807, 2.05) is 41.3 Å². The largest absolute Gasteiger partial charge is 0.322 e. The zero-order valence-corrected chi connectivity index (χ0v) is 13.7. The van der Waals surface area contributed by atoms with Crippen LogP contribution >= 0.6 is 22.6 Å². The van der Waals surface area contributed by atoms with E-state index in [2.05, 4.69) is 32.9 Å². The molecule has 1 fully saturated rings. The molecule has 5 heteroatoms. The number of nitrogens with zero attached hydrogens (tertiary/aromatic N) is 2. The first-order valence-electron chi connectivity index (χ1n) is 6.98. The maximum absolute atomic E-state index is 12.5. The molecule has 21 heavy (non-hydrogen) atoms. The number of para-hydroxylation sites is 1. The lowest BCUT2D eigenvalue weighted by molar-refractivity contribution is 0.207. The molecule has 1 aliphatic rings. The number of carbonyl (C=O) groups excluding carboxylic acids is 1. The summed E-state index contributed by atoms with van der Waals surface area (Å²) in [5.41, 5.74) is 2.02. The van der Waals surface area contributed by atoms with Gasteiger partial charge in [0.1, 0.15) is 0 Å². The number of anilines is 1. The van der Waals surface area contributed by atoms with Crippen LogP contribution in [0.5, 0.6) is 0 Å². The number of benzene rings is 1. The van der Waals surface area contributed by atoms with Crippen molar-refractivity contribution in [2.24, 2.45) is 0 Å². The standard InChI is InChI=1S/C16H16IN3O/c17-13-4-1-2-5-14(13)19-16(21)20-11-3-6-15(20)12-7-9-18-10-8-12/h1-2,4-5,7-10,15H,3,6,11H2,(H,19,21). The van der Waals surface area contributed by atoms with Crippen LogP contribution in [0.1, 0.15) is 24.4 Å². The Hall–Kier alpha value is -1.63. The zero-order valence-electron chi connectivity index (χ0n) is 11.5. The van der Waals surface area contributed by atoms with E-state index in [0.29, 0.717) is 0 Å². The molecule has 3 rings (SSSR count). The second-order valence-electron chi connectivity index (χ2n) is 5.04. The molecule has 0 bridgehead atoms. The fourth-order valence-electron chi connectivity index (χ4n) is 2.69. The number of nitrogens with one attached hydrogen (secondary N) is 1. The Morgan fingerprint density at radius 1 is 1.24 bits per heavy atom. The van der Waals surface area contributed by atoms with Crippen molar-refractivity contribution in [1.29, 1.82) is 0 Å². The van der Waals surface area contributed by atoms with Crippen LogP contribution in [-0.4, -0.2) is 22.5 Å². The molecular formula is C16H16IN3O. The van der Waals surface area contributed by atoms with Crippen LogP contribution in [0.4, 0.5) is 10.5 Å². The van der Waals surface area contributed by atoms with Gasteiger partial charge in [0, 0.05) is 22.5 Å². The molecule has 1 atom stereocenters. The minimum Gasteiger partial charge on any atom is -0.317 e. The number of likely N-dealkylation sites (tertiary alicyclic amines) is 1. The molecule has 0 aliphatic carbocycles. The third-order valence-corrected chi connectivity index (χ3v) is 4.66. The Morgan fingerprint density at radius 3 is 2.76 bits per heavy atom. The highest BCUT2D eigenvalue weighted by Crippen LogP contribution is 2.32. The molecule has 1 unspecified atom stereocenters. The van der Waals surface area contributed by atoms with Gasteiger partial charge in [-0.25, -0.2) is 4.79 Å². The van der Waals surface area contributed by atoms with Crippen molar-refractivity contribution in [3.63, 3.8) is 0 Å². The molecule has 2 aromatic rings. The second-order valence-corrected chi connectivity index (χ2v) is 6.20. The van der Waals surface area contributed by atoms with E-state index in [-0.39, 0.29) is 12.1 Å². The number of amides is 2. The molecule has 1 N–H and O–H groups in total. The third kappa shape index (κ3) is 3.18. The van der Waals surface area contributed by atoms with Gasteiger partial charge in [0.25, 0.3) is 0 Å². The normalized spacial score (nSPS) is 17.8. The monoisotopic (exact) mass is 393 g/mol. The molecule has 1 aliphatic heterocycles. The molecule has 0 spiro atoms. The van der Waals surface area contributed by atoms with E-state index in [4.69, 9.17) is 0 Å². The summed E-state index contributed by atoms with van der Waals surface area (Å²) < 4.78 is 1.04. The van der Waals surface area contributed by atoms with Crippen molar-refractivity contribution in [2.75, 3.05) is 11.9 Å². The lowest BCUT2D eigenvalue weighted by Gasteiger charge is -2.25. The number of urea groups is 1. The van der Waals surface area contributed by atoms with Crippen LogP contribution in [0.2, 0.25) is 0 Å². The molecular weight excluding hydrogens is 377 g/mol. The smallest absolute Gasteiger partial charge is 0.317 e. The van der Waals surface area contributed by atoms with Crippen LogP contribution in [0, 0.1) is 3.57 Å². The van der Waals surface area contributed by atoms with Crippen LogP contribution < -0.4 is 5.32 Å². The highest BCUT2D eigenvalue weighted by molar-refractivity contribution is 14.1. The van der Waals surface area contributed by atoms with Crippen molar-refractivity contribution >= 4 is 34.3 Å². The maximum Gasteiger partial charge on any atom is 0.322 e. The Kier molecular flexibility index (Phi) is 4.38. The number of hydrogen-bond donors (Lipinski definition) is 1. The average Bonchev–Trinajstić information content (AvgIpc) is 3.00. The van der Waals surface area contributed by atoms with E-state index in [0.717, 1.165) is 34.2 Å². The molecule has 4 nitrogen and oxygen atoms in total. The Labute approximate surface area is 137 Å². The Balaban J connectivity index is 1.76. The summed E-state index contributed by atoms with van der Waals surface area (Å²) in [6.07, 6.45) is 5.60. The minimum absolute atomic E-state index is 0.0292. The van der Waals surface area contributed by atoms with E-state index in [1.54, 1.807) is 12.4 Å². The summed E-state index contributed by atoms with van der Waals surface area (Å²) in [5, 5.41) is 3.02.